The summed E-state index contributed by atoms with van der Waals surface area (Å²) >= 11 is 0. The van der Waals surface area contributed by atoms with Crippen LogP contribution < -0.4 is 5.73 Å². The molecule has 2 aliphatic rings. The van der Waals surface area contributed by atoms with Gasteiger partial charge in [-0.2, -0.15) is 0 Å². The number of hydrogen-bond donors (Lipinski definition) is 1. The number of aryl methyl sites for hydroxylation is 1. The van der Waals surface area contributed by atoms with Gasteiger partial charge in [0, 0.05) is 5.69 Å². The van der Waals surface area contributed by atoms with E-state index in [1.807, 2.05) is 13.0 Å². The highest BCUT2D eigenvalue weighted by Gasteiger charge is 2.39. The summed E-state index contributed by atoms with van der Waals surface area (Å²) in [6.45, 7) is 2.51. The first-order valence-electron chi connectivity index (χ1n) is 7.16. The van der Waals surface area contributed by atoms with E-state index in [1.54, 1.807) is 12.1 Å². The standard InChI is InChI=1S/C16H21NO2/c1-10-2-4-13(8-15(10)17)16(18)19-9-14-7-11-3-5-12(14)6-11/h2,4,8,11-12,14H,3,5-7,9,17H2,1H3. The number of rotatable bonds is 3. The van der Waals surface area contributed by atoms with Crippen molar-refractivity contribution in [2.75, 3.05) is 12.3 Å². The van der Waals surface area contributed by atoms with Gasteiger partial charge in [-0.1, -0.05) is 12.5 Å². The molecule has 2 aliphatic carbocycles. The third kappa shape index (κ3) is 2.46. The molecule has 1 aromatic carbocycles. The average Bonchev–Trinajstić information content (AvgIpc) is 3.01. The van der Waals surface area contributed by atoms with Crippen molar-refractivity contribution in [2.45, 2.75) is 32.6 Å². The minimum absolute atomic E-state index is 0.241. The maximum Gasteiger partial charge on any atom is 0.338 e. The number of carbonyl (C=O) groups is 1. The number of ether oxygens (including phenoxy) is 1. The van der Waals surface area contributed by atoms with E-state index in [0.29, 0.717) is 23.8 Å². The lowest BCUT2D eigenvalue weighted by Crippen LogP contribution is -2.19. The zero-order valence-electron chi connectivity index (χ0n) is 11.4. The molecule has 0 saturated heterocycles. The van der Waals surface area contributed by atoms with E-state index in [0.717, 1.165) is 17.4 Å². The van der Waals surface area contributed by atoms with Crippen molar-refractivity contribution in [3.05, 3.63) is 29.3 Å². The quantitative estimate of drug-likeness (QED) is 0.670. The van der Waals surface area contributed by atoms with E-state index in [1.165, 1.54) is 25.7 Å². The summed E-state index contributed by atoms with van der Waals surface area (Å²) in [5.74, 6) is 2.03. The Morgan fingerprint density at radius 2 is 2.21 bits per heavy atom. The summed E-state index contributed by atoms with van der Waals surface area (Å²) in [5.41, 5.74) is 8.02. The molecule has 102 valence electrons. The second-order valence-corrected chi connectivity index (χ2v) is 6.10. The van der Waals surface area contributed by atoms with Gasteiger partial charge in [0.1, 0.15) is 0 Å². The van der Waals surface area contributed by atoms with Crippen LogP contribution in [-0.4, -0.2) is 12.6 Å². The van der Waals surface area contributed by atoms with Crippen molar-refractivity contribution in [2.24, 2.45) is 17.8 Å². The maximum atomic E-state index is 12.0. The lowest BCUT2D eigenvalue weighted by molar-refractivity contribution is 0.0394. The first kappa shape index (κ1) is 12.5. The molecule has 0 aliphatic heterocycles. The van der Waals surface area contributed by atoms with Gasteiger partial charge in [-0.15, -0.1) is 0 Å². The molecule has 0 radical (unpaired) electrons. The predicted octanol–water partition coefficient (Wildman–Crippen LogP) is 3.17. The minimum atomic E-state index is -0.241. The molecule has 3 unspecified atom stereocenters. The third-order valence-corrected chi connectivity index (χ3v) is 4.83. The molecule has 3 nitrogen and oxygen atoms in total. The fourth-order valence-corrected chi connectivity index (χ4v) is 3.61. The van der Waals surface area contributed by atoms with Crippen LogP contribution in [0.25, 0.3) is 0 Å². The van der Waals surface area contributed by atoms with E-state index in [-0.39, 0.29) is 5.97 Å². The number of carbonyl (C=O) groups excluding carboxylic acids is 1. The molecule has 2 bridgehead atoms. The van der Waals surface area contributed by atoms with Gasteiger partial charge >= 0.3 is 5.97 Å². The van der Waals surface area contributed by atoms with E-state index in [4.69, 9.17) is 10.5 Å². The smallest absolute Gasteiger partial charge is 0.338 e. The summed E-state index contributed by atoms with van der Waals surface area (Å²) in [6, 6.07) is 5.36. The monoisotopic (exact) mass is 259 g/mol. The van der Waals surface area contributed by atoms with E-state index >= 15 is 0 Å². The Labute approximate surface area is 114 Å². The first-order chi connectivity index (χ1) is 9.13. The molecule has 2 N–H and O–H groups in total. The molecule has 0 heterocycles. The number of hydrogen-bond acceptors (Lipinski definition) is 3. The fraction of sp³-hybridized carbons (Fsp3) is 0.562. The highest BCUT2D eigenvalue weighted by molar-refractivity contribution is 5.90. The number of anilines is 1. The van der Waals surface area contributed by atoms with Crippen LogP contribution in [0, 0.1) is 24.7 Å². The van der Waals surface area contributed by atoms with Crippen molar-refractivity contribution >= 4 is 11.7 Å². The van der Waals surface area contributed by atoms with Crippen molar-refractivity contribution in [3.8, 4) is 0 Å². The molecular formula is C16H21NO2. The van der Waals surface area contributed by atoms with Crippen LogP contribution in [0.1, 0.15) is 41.6 Å². The van der Waals surface area contributed by atoms with Crippen molar-refractivity contribution < 1.29 is 9.53 Å². The van der Waals surface area contributed by atoms with Gasteiger partial charge in [0.05, 0.1) is 12.2 Å². The van der Waals surface area contributed by atoms with Gasteiger partial charge in [0.15, 0.2) is 0 Å². The van der Waals surface area contributed by atoms with E-state index < -0.39 is 0 Å². The molecule has 0 amide bonds. The van der Waals surface area contributed by atoms with Gasteiger partial charge in [-0.05, 0) is 61.6 Å². The zero-order valence-corrected chi connectivity index (χ0v) is 11.4. The van der Waals surface area contributed by atoms with Crippen LogP contribution in [0.4, 0.5) is 5.69 Å². The van der Waals surface area contributed by atoms with Crippen LogP contribution in [0.2, 0.25) is 0 Å². The van der Waals surface area contributed by atoms with Crippen LogP contribution >= 0.6 is 0 Å². The van der Waals surface area contributed by atoms with E-state index in [9.17, 15) is 4.79 Å². The van der Waals surface area contributed by atoms with Crippen molar-refractivity contribution in [1.82, 2.24) is 0 Å². The Morgan fingerprint density at radius 1 is 1.37 bits per heavy atom. The zero-order chi connectivity index (χ0) is 13.4. The largest absolute Gasteiger partial charge is 0.462 e. The van der Waals surface area contributed by atoms with Crippen LogP contribution in [0.3, 0.4) is 0 Å². The van der Waals surface area contributed by atoms with Crippen LogP contribution in [-0.2, 0) is 4.74 Å². The van der Waals surface area contributed by atoms with Crippen molar-refractivity contribution in [3.63, 3.8) is 0 Å². The number of esters is 1. The lowest BCUT2D eigenvalue weighted by Gasteiger charge is -2.21. The van der Waals surface area contributed by atoms with Gasteiger partial charge in [-0.3, -0.25) is 0 Å². The SMILES string of the molecule is Cc1ccc(C(=O)OCC2CC3CCC2C3)cc1N. The van der Waals surface area contributed by atoms with Crippen LogP contribution in [0.15, 0.2) is 18.2 Å². The highest BCUT2D eigenvalue weighted by Crippen LogP contribution is 2.48. The summed E-state index contributed by atoms with van der Waals surface area (Å²) in [7, 11) is 0. The fourth-order valence-electron chi connectivity index (χ4n) is 3.61. The van der Waals surface area contributed by atoms with Crippen molar-refractivity contribution in [1.29, 1.82) is 0 Å². The Morgan fingerprint density at radius 3 is 2.84 bits per heavy atom. The molecule has 1 aromatic rings. The molecular weight excluding hydrogens is 238 g/mol. The topological polar surface area (TPSA) is 52.3 Å². The number of benzene rings is 1. The number of nitrogen functional groups attached to an aromatic ring is 1. The average molecular weight is 259 g/mol. The lowest BCUT2D eigenvalue weighted by atomic mass is 9.89. The molecule has 2 fully saturated rings. The van der Waals surface area contributed by atoms with Gasteiger partial charge < -0.3 is 10.5 Å². The Bertz CT molecular complexity index is 498. The minimum Gasteiger partial charge on any atom is -0.462 e. The Kier molecular flexibility index (Phi) is 3.21. The Hall–Kier alpha value is -1.51. The van der Waals surface area contributed by atoms with Gasteiger partial charge in [0.25, 0.3) is 0 Å². The molecule has 3 heteroatoms. The summed E-state index contributed by atoms with van der Waals surface area (Å²) in [5, 5.41) is 0. The molecule has 3 rings (SSSR count). The first-order valence-corrected chi connectivity index (χ1v) is 7.16. The van der Waals surface area contributed by atoms with Crippen LogP contribution in [0.5, 0.6) is 0 Å². The molecule has 2 saturated carbocycles. The van der Waals surface area contributed by atoms with Gasteiger partial charge in [0.2, 0.25) is 0 Å². The van der Waals surface area contributed by atoms with Gasteiger partial charge in [-0.25, -0.2) is 4.79 Å². The highest BCUT2D eigenvalue weighted by atomic mass is 16.5. The number of nitrogens with two attached hydrogens (primary N) is 1. The second kappa shape index (κ2) is 4.87. The molecule has 19 heavy (non-hydrogen) atoms. The molecule has 0 spiro atoms. The van der Waals surface area contributed by atoms with E-state index in [2.05, 4.69) is 0 Å². The second-order valence-electron chi connectivity index (χ2n) is 6.10. The maximum absolute atomic E-state index is 12.0. The molecule has 3 atom stereocenters. The number of fused-ring (bicyclic) bond motifs is 2. The summed E-state index contributed by atoms with van der Waals surface area (Å²) in [4.78, 5) is 12.0. The Balaban J connectivity index is 1.57. The normalized spacial score (nSPS) is 28.6. The summed E-state index contributed by atoms with van der Waals surface area (Å²) < 4.78 is 5.47. The predicted molar refractivity (Wildman–Crippen MR) is 74.8 cm³/mol. The summed E-state index contributed by atoms with van der Waals surface area (Å²) in [6.07, 6.45) is 5.29. The molecule has 0 aromatic heterocycles. The third-order valence-electron chi connectivity index (χ3n) is 4.83.